The SMILES string of the molecule is Cc1ccc([C@@H]2C[C@H]2C(=O)N2CCC[C@@H]2c2c(C)nn(C)c2C)s1. The molecule has 0 spiro atoms. The van der Waals surface area contributed by atoms with E-state index in [1.807, 2.05) is 23.1 Å². The number of hydrogen-bond donors (Lipinski definition) is 0. The zero-order valence-corrected chi connectivity index (χ0v) is 15.7. The van der Waals surface area contributed by atoms with Crippen molar-refractivity contribution in [2.75, 3.05) is 6.54 Å². The van der Waals surface area contributed by atoms with Crippen LogP contribution in [0, 0.1) is 26.7 Å². The molecule has 24 heavy (non-hydrogen) atoms. The van der Waals surface area contributed by atoms with Gasteiger partial charge in [0.15, 0.2) is 0 Å². The fourth-order valence-corrected chi connectivity index (χ4v) is 5.31. The smallest absolute Gasteiger partial charge is 0.226 e. The molecule has 0 radical (unpaired) electrons. The van der Waals surface area contributed by atoms with E-state index in [2.05, 4.69) is 42.9 Å². The van der Waals surface area contributed by atoms with Crippen molar-refractivity contribution in [3.63, 3.8) is 0 Å². The average molecular weight is 343 g/mol. The van der Waals surface area contributed by atoms with E-state index >= 15 is 0 Å². The molecular weight excluding hydrogens is 318 g/mol. The highest BCUT2D eigenvalue weighted by atomic mass is 32.1. The van der Waals surface area contributed by atoms with Crippen molar-refractivity contribution in [3.05, 3.63) is 38.8 Å². The maximum Gasteiger partial charge on any atom is 0.226 e. The standard InChI is InChI=1S/C19H25N3OS/c1-11-7-8-17(24-11)14-10-15(14)19(23)22-9-5-6-16(22)18-12(2)20-21(4)13(18)3/h7-8,14-16H,5-6,9-10H2,1-4H3/t14-,15-,16-/m1/s1. The summed E-state index contributed by atoms with van der Waals surface area (Å²) < 4.78 is 1.94. The highest BCUT2D eigenvalue weighted by Gasteiger charge is 2.48. The summed E-state index contributed by atoms with van der Waals surface area (Å²) in [5.41, 5.74) is 3.53. The van der Waals surface area contributed by atoms with Crippen LogP contribution in [-0.2, 0) is 11.8 Å². The lowest BCUT2D eigenvalue weighted by Crippen LogP contribution is -2.32. The average Bonchev–Trinajstić information content (AvgIpc) is 2.84. The highest BCUT2D eigenvalue weighted by molar-refractivity contribution is 7.12. The minimum atomic E-state index is 0.195. The van der Waals surface area contributed by atoms with Crippen LogP contribution in [0.15, 0.2) is 12.1 Å². The van der Waals surface area contributed by atoms with Gasteiger partial charge in [0, 0.05) is 46.4 Å². The first-order valence-electron chi connectivity index (χ1n) is 8.84. The van der Waals surface area contributed by atoms with Crippen molar-refractivity contribution in [2.24, 2.45) is 13.0 Å². The van der Waals surface area contributed by atoms with Gasteiger partial charge in [-0.1, -0.05) is 0 Å². The molecule has 0 aromatic carbocycles. The molecule has 5 heteroatoms. The third kappa shape index (κ3) is 2.50. The van der Waals surface area contributed by atoms with Crippen LogP contribution < -0.4 is 0 Å². The number of nitrogens with zero attached hydrogens (tertiary/aromatic N) is 3. The molecule has 3 atom stereocenters. The third-order valence-corrected chi connectivity index (χ3v) is 6.80. The summed E-state index contributed by atoms with van der Waals surface area (Å²) in [5.74, 6) is 1.01. The summed E-state index contributed by atoms with van der Waals surface area (Å²) >= 11 is 1.84. The molecule has 128 valence electrons. The summed E-state index contributed by atoms with van der Waals surface area (Å²) in [4.78, 5) is 18.0. The number of carbonyl (C=O) groups excluding carboxylic acids is 1. The Balaban J connectivity index is 1.54. The van der Waals surface area contributed by atoms with Gasteiger partial charge in [-0.25, -0.2) is 0 Å². The van der Waals surface area contributed by atoms with Crippen LogP contribution in [0.1, 0.15) is 57.9 Å². The van der Waals surface area contributed by atoms with Crippen LogP contribution >= 0.6 is 11.3 Å². The van der Waals surface area contributed by atoms with E-state index in [1.165, 1.54) is 21.0 Å². The summed E-state index contributed by atoms with van der Waals surface area (Å²) in [7, 11) is 1.99. The molecule has 2 fully saturated rings. The Morgan fingerprint density at radius 3 is 2.71 bits per heavy atom. The van der Waals surface area contributed by atoms with Gasteiger partial charge in [-0.05, 0) is 52.2 Å². The fourth-order valence-electron chi connectivity index (χ4n) is 4.25. The number of amides is 1. The van der Waals surface area contributed by atoms with Gasteiger partial charge in [0.1, 0.15) is 0 Å². The number of rotatable bonds is 3. The fraction of sp³-hybridized carbons (Fsp3) is 0.579. The van der Waals surface area contributed by atoms with Crippen LogP contribution in [0.5, 0.6) is 0 Å². The molecule has 2 aromatic heterocycles. The monoisotopic (exact) mass is 343 g/mol. The lowest BCUT2D eigenvalue weighted by Gasteiger charge is -2.25. The molecule has 1 saturated heterocycles. The Hall–Kier alpha value is -1.62. The normalized spacial score (nSPS) is 26.2. The second-order valence-electron chi connectivity index (χ2n) is 7.29. The molecular formula is C19H25N3OS. The lowest BCUT2D eigenvalue weighted by molar-refractivity contribution is -0.133. The van der Waals surface area contributed by atoms with Gasteiger partial charge in [-0.15, -0.1) is 11.3 Å². The first-order valence-corrected chi connectivity index (χ1v) is 9.66. The molecule has 1 aliphatic heterocycles. The zero-order valence-electron chi connectivity index (χ0n) is 14.9. The summed E-state index contributed by atoms with van der Waals surface area (Å²) in [6, 6.07) is 4.59. The molecule has 1 aliphatic carbocycles. The summed E-state index contributed by atoms with van der Waals surface area (Å²) in [6.45, 7) is 7.21. The molecule has 0 bridgehead atoms. The van der Waals surface area contributed by atoms with Crippen molar-refractivity contribution >= 4 is 17.2 Å². The van der Waals surface area contributed by atoms with Gasteiger partial charge < -0.3 is 4.90 Å². The molecule has 2 aromatic rings. The van der Waals surface area contributed by atoms with Gasteiger partial charge >= 0.3 is 0 Å². The van der Waals surface area contributed by atoms with Gasteiger partial charge in [0.05, 0.1) is 11.7 Å². The van der Waals surface area contributed by atoms with E-state index in [-0.39, 0.29) is 12.0 Å². The number of thiophene rings is 1. The number of likely N-dealkylation sites (tertiary alicyclic amines) is 1. The Bertz CT molecular complexity index is 791. The summed E-state index contributed by atoms with van der Waals surface area (Å²) in [5, 5.41) is 4.56. The number of aryl methyl sites for hydroxylation is 3. The first-order chi connectivity index (χ1) is 11.5. The van der Waals surface area contributed by atoms with Crippen molar-refractivity contribution in [2.45, 2.75) is 52.0 Å². The predicted molar refractivity (Wildman–Crippen MR) is 96.3 cm³/mol. The van der Waals surface area contributed by atoms with E-state index < -0.39 is 0 Å². The second-order valence-corrected chi connectivity index (χ2v) is 8.61. The van der Waals surface area contributed by atoms with Crippen molar-refractivity contribution in [1.29, 1.82) is 0 Å². The largest absolute Gasteiger partial charge is 0.335 e. The van der Waals surface area contributed by atoms with Gasteiger partial charge in [0.2, 0.25) is 5.91 Å². The quantitative estimate of drug-likeness (QED) is 0.848. The Morgan fingerprint density at radius 2 is 2.08 bits per heavy atom. The molecule has 0 N–H and O–H groups in total. The topological polar surface area (TPSA) is 38.1 Å². The van der Waals surface area contributed by atoms with Gasteiger partial charge in [0.25, 0.3) is 0 Å². The number of hydrogen-bond acceptors (Lipinski definition) is 3. The van der Waals surface area contributed by atoms with Gasteiger partial charge in [-0.2, -0.15) is 5.10 Å². The van der Waals surface area contributed by atoms with E-state index in [4.69, 9.17) is 0 Å². The molecule has 4 rings (SSSR count). The van der Waals surface area contributed by atoms with Crippen LogP contribution in [0.2, 0.25) is 0 Å². The molecule has 1 amide bonds. The van der Waals surface area contributed by atoms with Crippen molar-refractivity contribution in [1.82, 2.24) is 14.7 Å². The third-order valence-electron chi connectivity index (χ3n) is 5.67. The second kappa shape index (κ2) is 5.73. The van der Waals surface area contributed by atoms with E-state index in [1.54, 1.807) is 0 Å². The Labute approximate surface area is 147 Å². The number of aromatic nitrogens is 2. The van der Waals surface area contributed by atoms with E-state index in [0.29, 0.717) is 11.8 Å². The minimum Gasteiger partial charge on any atom is -0.335 e. The van der Waals surface area contributed by atoms with Crippen LogP contribution in [0.25, 0.3) is 0 Å². The predicted octanol–water partition coefficient (Wildman–Crippen LogP) is 3.87. The minimum absolute atomic E-state index is 0.195. The van der Waals surface area contributed by atoms with Crippen molar-refractivity contribution in [3.8, 4) is 0 Å². The summed E-state index contributed by atoms with van der Waals surface area (Å²) in [6.07, 6.45) is 3.18. The van der Waals surface area contributed by atoms with Crippen LogP contribution in [0.3, 0.4) is 0 Å². The molecule has 4 nitrogen and oxygen atoms in total. The van der Waals surface area contributed by atoms with Gasteiger partial charge in [-0.3, -0.25) is 9.48 Å². The van der Waals surface area contributed by atoms with Crippen LogP contribution in [-0.4, -0.2) is 27.1 Å². The van der Waals surface area contributed by atoms with E-state index in [0.717, 1.165) is 31.5 Å². The molecule has 0 unspecified atom stereocenters. The Morgan fingerprint density at radius 1 is 1.29 bits per heavy atom. The Kier molecular flexibility index (Phi) is 3.79. The first kappa shape index (κ1) is 15.9. The molecule has 2 aliphatic rings. The lowest BCUT2D eigenvalue weighted by atomic mass is 10.0. The van der Waals surface area contributed by atoms with E-state index in [9.17, 15) is 4.79 Å². The maximum atomic E-state index is 13.1. The number of carbonyl (C=O) groups is 1. The molecule has 3 heterocycles. The highest BCUT2D eigenvalue weighted by Crippen LogP contribution is 2.52. The molecule has 1 saturated carbocycles. The van der Waals surface area contributed by atoms with Crippen molar-refractivity contribution < 1.29 is 4.79 Å². The van der Waals surface area contributed by atoms with Crippen LogP contribution in [0.4, 0.5) is 0 Å². The maximum absolute atomic E-state index is 13.1. The zero-order chi connectivity index (χ0) is 17.0.